The van der Waals surface area contributed by atoms with Gasteiger partial charge in [0.05, 0.1) is 32.8 Å². The number of fused-ring (bicyclic) bond motifs is 1. The number of hydrogen-bond acceptors (Lipinski definition) is 8. The van der Waals surface area contributed by atoms with Gasteiger partial charge in [-0.3, -0.25) is 4.79 Å². The molecule has 1 aliphatic heterocycles. The molecule has 0 fully saturated rings. The number of aliphatic carboxylic acids is 1. The van der Waals surface area contributed by atoms with Crippen LogP contribution in [0.4, 0.5) is 0 Å². The second-order valence-corrected chi connectivity index (χ2v) is 10.1. The number of aliphatic hydroxyl groups is 1. The minimum atomic E-state index is -1.01. The second kappa shape index (κ2) is 13.6. The lowest BCUT2D eigenvalue weighted by molar-refractivity contribution is -0.145. The molecule has 2 aromatic rings. The molecular formula is C29H41NO8. The van der Waals surface area contributed by atoms with Crippen LogP contribution in [0.1, 0.15) is 43.9 Å². The van der Waals surface area contributed by atoms with Crippen LogP contribution in [-0.4, -0.2) is 69.3 Å². The molecule has 0 saturated heterocycles. The summed E-state index contributed by atoms with van der Waals surface area (Å²) in [5.41, 5.74) is 1.29. The van der Waals surface area contributed by atoms with Crippen molar-refractivity contribution in [3.63, 3.8) is 0 Å². The van der Waals surface area contributed by atoms with Crippen LogP contribution in [-0.2, 0) is 11.2 Å². The van der Waals surface area contributed by atoms with E-state index in [0.717, 1.165) is 19.4 Å². The first-order chi connectivity index (χ1) is 18.2. The van der Waals surface area contributed by atoms with Gasteiger partial charge in [0.1, 0.15) is 0 Å². The Bertz CT molecular complexity index is 1050. The molecule has 38 heavy (non-hydrogen) atoms. The number of rotatable bonds is 15. The molecule has 0 saturated carbocycles. The van der Waals surface area contributed by atoms with Crippen molar-refractivity contribution < 1.29 is 38.7 Å². The highest BCUT2D eigenvalue weighted by Crippen LogP contribution is 2.41. The minimum absolute atomic E-state index is 0.125. The average Bonchev–Trinajstić information content (AvgIpc) is 3.37. The summed E-state index contributed by atoms with van der Waals surface area (Å²) >= 11 is 0. The van der Waals surface area contributed by atoms with E-state index in [1.165, 1.54) is 0 Å². The molecule has 4 atom stereocenters. The van der Waals surface area contributed by atoms with Gasteiger partial charge in [-0.2, -0.15) is 0 Å². The number of carboxylic acid groups (broad SMARTS) is 1. The van der Waals surface area contributed by atoms with Gasteiger partial charge in [-0.1, -0.05) is 26.3 Å². The number of ether oxygens (including phenoxy) is 5. The Balaban J connectivity index is 1.80. The second-order valence-electron chi connectivity index (χ2n) is 10.1. The molecule has 2 N–H and O–H groups in total. The van der Waals surface area contributed by atoms with Gasteiger partial charge >= 0.3 is 5.97 Å². The van der Waals surface area contributed by atoms with E-state index in [2.05, 4.69) is 11.8 Å². The van der Waals surface area contributed by atoms with Crippen LogP contribution in [0, 0.1) is 17.8 Å². The largest absolute Gasteiger partial charge is 0.493 e. The van der Waals surface area contributed by atoms with Gasteiger partial charge in [0.25, 0.3) is 0 Å². The Morgan fingerprint density at radius 3 is 2.32 bits per heavy atom. The Kier molecular flexibility index (Phi) is 10.5. The van der Waals surface area contributed by atoms with Crippen LogP contribution < -0.4 is 23.7 Å². The van der Waals surface area contributed by atoms with Gasteiger partial charge in [-0.15, -0.1) is 0 Å². The molecular weight excluding hydrogens is 490 g/mol. The fourth-order valence-electron chi connectivity index (χ4n) is 4.92. The Morgan fingerprint density at radius 1 is 1.08 bits per heavy atom. The van der Waals surface area contributed by atoms with Crippen molar-refractivity contribution in [2.45, 2.75) is 39.2 Å². The third-order valence-corrected chi connectivity index (χ3v) is 6.95. The van der Waals surface area contributed by atoms with Gasteiger partial charge < -0.3 is 38.8 Å². The summed E-state index contributed by atoms with van der Waals surface area (Å²) in [6.45, 7) is 5.43. The van der Waals surface area contributed by atoms with Crippen molar-refractivity contribution >= 4 is 5.97 Å². The average molecular weight is 532 g/mol. The topological polar surface area (TPSA) is 107 Å². The van der Waals surface area contributed by atoms with Crippen molar-refractivity contribution in [3.05, 3.63) is 41.5 Å². The van der Waals surface area contributed by atoms with Crippen LogP contribution >= 0.6 is 0 Å². The molecule has 0 aliphatic carbocycles. The molecule has 0 radical (unpaired) electrons. The smallest absolute Gasteiger partial charge is 0.307 e. The van der Waals surface area contributed by atoms with Crippen molar-refractivity contribution in [2.75, 3.05) is 48.3 Å². The zero-order chi connectivity index (χ0) is 27.8. The quantitative estimate of drug-likeness (QED) is 0.346. The molecule has 210 valence electrons. The number of carbonyl (C=O) groups is 1. The highest BCUT2D eigenvalue weighted by atomic mass is 16.7. The van der Waals surface area contributed by atoms with E-state index in [-0.39, 0.29) is 13.2 Å². The Hall–Kier alpha value is -3.17. The molecule has 1 aliphatic rings. The molecule has 2 aromatic carbocycles. The lowest BCUT2D eigenvalue weighted by atomic mass is 9.82. The zero-order valence-electron chi connectivity index (χ0n) is 23.2. The van der Waals surface area contributed by atoms with Gasteiger partial charge in [0.2, 0.25) is 12.5 Å². The van der Waals surface area contributed by atoms with E-state index in [1.807, 2.05) is 14.1 Å². The summed E-state index contributed by atoms with van der Waals surface area (Å²) in [6.07, 6.45) is 1.25. The van der Waals surface area contributed by atoms with Gasteiger partial charge in [0, 0.05) is 12.5 Å². The third kappa shape index (κ3) is 7.23. The SMILES string of the molecule is CCCC(COc1c(OC)cc(CC(C(=O)O)C(C)C(O)c2ccc3c(c2)OCO3)cc1OC)CN(C)C. The van der Waals surface area contributed by atoms with Crippen molar-refractivity contribution in [3.8, 4) is 28.7 Å². The predicted octanol–water partition coefficient (Wildman–Crippen LogP) is 4.40. The summed E-state index contributed by atoms with van der Waals surface area (Å²) in [5, 5.41) is 21.1. The molecule has 0 aromatic heterocycles. The fourth-order valence-corrected chi connectivity index (χ4v) is 4.92. The maximum atomic E-state index is 12.3. The first-order valence-corrected chi connectivity index (χ1v) is 13.0. The molecule has 1 heterocycles. The van der Waals surface area contributed by atoms with Gasteiger partial charge in [-0.25, -0.2) is 0 Å². The summed E-state index contributed by atoms with van der Waals surface area (Å²) in [4.78, 5) is 14.5. The summed E-state index contributed by atoms with van der Waals surface area (Å²) in [5.74, 6) is 0.483. The zero-order valence-corrected chi connectivity index (χ0v) is 23.2. The number of carboxylic acids is 1. The lowest BCUT2D eigenvalue weighted by Gasteiger charge is -2.26. The number of aliphatic hydroxyl groups excluding tert-OH is 1. The predicted molar refractivity (Wildman–Crippen MR) is 144 cm³/mol. The third-order valence-electron chi connectivity index (χ3n) is 6.95. The molecule has 4 unspecified atom stereocenters. The van der Waals surface area contributed by atoms with Crippen LogP contribution in [0.25, 0.3) is 0 Å². The van der Waals surface area contributed by atoms with E-state index in [9.17, 15) is 15.0 Å². The monoisotopic (exact) mass is 531 g/mol. The number of methoxy groups -OCH3 is 2. The fraction of sp³-hybridized carbons (Fsp3) is 0.552. The van der Waals surface area contributed by atoms with E-state index in [4.69, 9.17) is 23.7 Å². The van der Waals surface area contributed by atoms with E-state index in [0.29, 0.717) is 52.4 Å². The molecule has 0 amide bonds. The summed E-state index contributed by atoms with van der Waals surface area (Å²) in [6, 6.07) is 8.72. The standard InChI is InChI=1S/C29H41NO8/c1-7-8-19(15-30(3)4)16-36-28-25(34-5)12-20(13-26(28)35-6)11-22(29(32)33)18(2)27(31)21-9-10-23-24(14-21)38-17-37-23/h9-10,12-14,18-19,22,27,31H,7-8,11,15-17H2,1-6H3,(H,32,33). The normalized spacial score (nSPS) is 15.6. The molecule has 9 nitrogen and oxygen atoms in total. The van der Waals surface area contributed by atoms with Crippen LogP contribution in [0.5, 0.6) is 28.7 Å². The van der Waals surface area contributed by atoms with E-state index in [1.54, 1.807) is 51.5 Å². The summed E-state index contributed by atoms with van der Waals surface area (Å²) < 4.78 is 28.2. The summed E-state index contributed by atoms with van der Waals surface area (Å²) in [7, 11) is 7.19. The first-order valence-electron chi connectivity index (χ1n) is 13.0. The van der Waals surface area contributed by atoms with Crippen LogP contribution in [0.15, 0.2) is 30.3 Å². The van der Waals surface area contributed by atoms with Gasteiger partial charge in [-0.05, 0) is 68.2 Å². The van der Waals surface area contributed by atoms with Crippen molar-refractivity contribution in [1.82, 2.24) is 4.90 Å². The number of hydrogen-bond donors (Lipinski definition) is 2. The number of nitrogens with zero attached hydrogens (tertiary/aromatic N) is 1. The maximum Gasteiger partial charge on any atom is 0.307 e. The minimum Gasteiger partial charge on any atom is -0.493 e. The molecule has 0 bridgehead atoms. The maximum absolute atomic E-state index is 12.3. The van der Waals surface area contributed by atoms with Crippen LogP contribution in [0.2, 0.25) is 0 Å². The molecule has 9 heteroatoms. The Morgan fingerprint density at radius 2 is 1.74 bits per heavy atom. The lowest BCUT2D eigenvalue weighted by Crippen LogP contribution is -2.28. The van der Waals surface area contributed by atoms with E-state index < -0.39 is 23.9 Å². The highest BCUT2D eigenvalue weighted by Gasteiger charge is 2.32. The molecule has 0 spiro atoms. The Labute approximate surface area is 225 Å². The van der Waals surface area contributed by atoms with Gasteiger partial charge in [0.15, 0.2) is 23.0 Å². The number of benzene rings is 2. The molecule has 3 rings (SSSR count). The van der Waals surface area contributed by atoms with E-state index >= 15 is 0 Å². The van der Waals surface area contributed by atoms with Crippen molar-refractivity contribution in [2.24, 2.45) is 17.8 Å². The van der Waals surface area contributed by atoms with Crippen LogP contribution in [0.3, 0.4) is 0 Å². The highest BCUT2D eigenvalue weighted by molar-refractivity contribution is 5.71. The van der Waals surface area contributed by atoms with Crippen molar-refractivity contribution in [1.29, 1.82) is 0 Å². The first kappa shape index (κ1) is 29.4.